The van der Waals surface area contributed by atoms with Crippen molar-refractivity contribution in [1.82, 2.24) is 25.5 Å². The quantitative estimate of drug-likeness (QED) is 0.290. The molecule has 1 aromatic carbocycles. The molecule has 1 unspecified atom stereocenters. The highest BCUT2D eigenvalue weighted by atomic mass is 32.2. The first-order valence-electron chi connectivity index (χ1n) is 9.70. The fourth-order valence-corrected chi connectivity index (χ4v) is 3.90. The van der Waals surface area contributed by atoms with Crippen molar-refractivity contribution >= 4 is 23.8 Å². The topological polar surface area (TPSA) is 133 Å². The lowest BCUT2D eigenvalue weighted by atomic mass is 10.0. The lowest BCUT2D eigenvalue weighted by Crippen LogP contribution is -2.50. The number of nitrogens with one attached hydrogen (secondary N) is 2. The lowest BCUT2D eigenvalue weighted by Gasteiger charge is -2.28. The van der Waals surface area contributed by atoms with Gasteiger partial charge in [-0.1, -0.05) is 18.7 Å². The van der Waals surface area contributed by atoms with E-state index in [0.717, 1.165) is 0 Å². The Bertz CT molecular complexity index is 1010. The predicted molar refractivity (Wildman–Crippen MR) is 112 cm³/mol. The molecule has 172 valence electrons. The zero-order valence-corrected chi connectivity index (χ0v) is 18.1. The number of halogens is 2. The van der Waals surface area contributed by atoms with Crippen LogP contribution in [-0.2, 0) is 9.53 Å². The minimum atomic E-state index is -2.92. The predicted octanol–water partition coefficient (Wildman–Crippen LogP) is 2.26. The van der Waals surface area contributed by atoms with E-state index in [1.807, 2.05) is 6.92 Å². The van der Waals surface area contributed by atoms with Gasteiger partial charge >= 0.3 is 18.6 Å². The van der Waals surface area contributed by atoms with Crippen molar-refractivity contribution in [2.75, 3.05) is 18.2 Å². The number of nitrogens with two attached hydrogens (primary N) is 1. The summed E-state index contributed by atoms with van der Waals surface area (Å²) < 4.78 is 35.3. The highest BCUT2D eigenvalue weighted by Gasteiger charge is 2.31. The number of ether oxygens (including phenoxy) is 2. The Morgan fingerprint density at radius 1 is 1.28 bits per heavy atom. The van der Waals surface area contributed by atoms with Gasteiger partial charge in [0.05, 0.1) is 18.2 Å². The molecule has 1 aromatic heterocycles. The van der Waals surface area contributed by atoms with Gasteiger partial charge in [0.15, 0.2) is 5.82 Å². The smallest absolute Gasteiger partial charge is 0.387 e. The normalized spacial score (nSPS) is 16.0. The molecule has 0 bridgehead atoms. The second-order valence-electron chi connectivity index (χ2n) is 6.54. The number of nitrogens with zero attached hydrogens (tertiary/aromatic N) is 3. The van der Waals surface area contributed by atoms with Gasteiger partial charge in [-0.15, -0.1) is 10.2 Å². The first kappa shape index (κ1) is 23.3. The molecule has 1 aliphatic rings. The summed E-state index contributed by atoms with van der Waals surface area (Å²) in [6.07, 6.45) is 0.512. The molecule has 0 fully saturated rings. The molecule has 3 rings (SSSR count). The van der Waals surface area contributed by atoms with Gasteiger partial charge in [0, 0.05) is 17.0 Å². The van der Waals surface area contributed by atoms with E-state index in [4.69, 9.17) is 10.6 Å². The van der Waals surface area contributed by atoms with Crippen LogP contribution in [0.15, 0.2) is 40.7 Å². The van der Waals surface area contributed by atoms with Crippen LogP contribution >= 0.6 is 11.8 Å². The third kappa shape index (κ3) is 5.28. The molecular weight excluding hydrogens is 446 g/mol. The maximum atomic E-state index is 12.5. The molecule has 1 aliphatic heterocycles. The molecular formula is C19H22F2N6O4S. The third-order valence-electron chi connectivity index (χ3n) is 4.49. The monoisotopic (exact) mass is 468 g/mol. The Kier molecular flexibility index (Phi) is 7.51. The number of hydrogen-bond donors (Lipinski definition) is 3. The molecule has 2 aromatic rings. The number of esters is 1. The van der Waals surface area contributed by atoms with Gasteiger partial charge in [0.25, 0.3) is 0 Å². The number of rotatable bonds is 9. The summed E-state index contributed by atoms with van der Waals surface area (Å²) >= 11 is 1.17. The van der Waals surface area contributed by atoms with Crippen LogP contribution < -0.4 is 21.2 Å². The van der Waals surface area contributed by atoms with Crippen LogP contribution in [0.1, 0.15) is 20.3 Å². The molecule has 32 heavy (non-hydrogen) atoms. The zero-order chi connectivity index (χ0) is 23.3. The Morgan fingerprint density at radius 2 is 2.00 bits per heavy atom. The molecule has 4 N–H and O–H groups in total. The van der Waals surface area contributed by atoms with Gasteiger partial charge in [-0.3, -0.25) is 0 Å². The number of nitrogen functional groups attached to an aromatic ring is 1. The Morgan fingerprint density at radius 3 is 2.62 bits per heavy atom. The largest absolute Gasteiger partial charge is 0.463 e. The van der Waals surface area contributed by atoms with Gasteiger partial charge in [-0.25, -0.2) is 14.3 Å². The van der Waals surface area contributed by atoms with Crippen LogP contribution in [0, 0.1) is 0 Å². The number of amides is 2. The summed E-state index contributed by atoms with van der Waals surface area (Å²) in [7, 11) is 0. The molecule has 0 radical (unpaired) electrons. The Labute approximate surface area is 186 Å². The minimum Gasteiger partial charge on any atom is -0.463 e. The van der Waals surface area contributed by atoms with Gasteiger partial charge in [-0.05, 0) is 37.6 Å². The van der Waals surface area contributed by atoms with Crippen LogP contribution in [-0.4, -0.2) is 51.9 Å². The van der Waals surface area contributed by atoms with Crippen molar-refractivity contribution in [3.63, 3.8) is 0 Å². The third-order valence-corrected chi connectivity index (χ3v) is 5.46. The van der Waals surface area contributed by atoms with Crippen molar-refractivity contribution < 1.29 is 27.8 Å². The highest BCUT2D eigenvalue weighted by Crippen LogP contribution is 2.27. The second-order valence-corrected chi connectivity index (χ2v) is 7.48. The summed E-state index contributed by atoms with van der Waals surface area (Å²) in [6, 6.07) is 4.91. The van der Waals surface area contributed by atoms with E-state index in [1.165, 1.54) is 40.7 Å². The number of carbonyl (C=O) groups is 2. The number of urea groups is 1. The second kappa shape index (κ2) is 10.3. The minimum absolute atomic E-state index is 0.00648. The van der Waals surface area contributed by atoms with Crippen LogP contribution in [0.5, 0.6) is 5.75 Å². The summed E-state index contributed by atoms with van der Waals surface area (Å²) in [4.78, 5) is 24.4. The summed E-state index contributed by atoms with van der Waals surface area (Å²) in [5.41, 5.74) is 1.29. The number of carbonyl (C=O) groups excluding carboxylic acids is 2. The average Bonchev–Trinajstić information content (AvgIpc) is 3.12. The maximum Gasteiger partial charge on any atom is 0.387 e. The molecule has 2 amide bonds. The maximum absolute atomic E-state index is 12.5. The molecule has 0 saturated carbocycles. The van der Waals surface area contributed by atoms with E-state index in [0.29, 0.717) is 34.2 Å². The fraction of sp³-hybridized carbons (Fsp3) is 0.368. The van der Waals surface area contributed by atoms with Crippen LogP contribution in [0.25, 0.3) is 11.4 Å². The number of aromatic nitrogens is 3. The fourth-order valence-electron chi connectivity index (χ4n) is 3.07. The van der Waals surface area contributed by atoms with E-state index in [1.54, 1.807) is 6.92 Å². The van der Waals surface area contributed by atoms with Crippen molar-refractivity contribution in [2.45, 2.75) is 38.1 Å². The number of benzene rings is 1. The molecule has 0 spiro atoms. The molecule has 10 nitrogen and oxygen atoms in total. The number of thioether (sulfide) groups is 1. The van der Waals surface area contributed by atoms with Crippen molar-refractivity contribution in [3.8, 4) is 17.1 Å². The van der Waals surface area contributed by atoms with Crippen molar-refractivity contribution in [2.24, 2.45) is 0 Å². The SMILES string of the molecule is CCOC(=O)C1=C(CSc2nnc(-c3ccc(OC(F)F)cc3)n2N)NC(=O)NC1CC. The van der Waals surface area contributed by atoms with E-state index in [2.05, 4.69) is 25.6 Å². The number of hydrogen-bond acceptors (Lipinski definition) is 8. The van der Waals surface area contributed by atoms with E-state index in [-0.39, 0.29) is 18.1 Å². The highest BCUT2D eigenvalue weighted by molar-refractivity contribution is 7.99. The van der Waals surface area contributed by atoms with Gasteiger partial charge in [-0.2, -0.15) is 8.78 Å². The van der Waals surface area contributed by atoms with Gasteiger partial charge < -0.3 is 25.9 Å². The first-order chi connectivity index (χ1) is 15.3. The van der Waals surface area contributed by atoms with Crippen molar-refractivity contribution in [3.05, 3.63) is 35.5 Å². The first-order valence-corrected chi connectivity index (χ1v) is 10.7. The van der Waals surface area contributed by atoms with Crippen LogP contribution in [0.4, 0.5) is 13.6 Å². The Hall–Kier alpha value is -3.35. The molecule has 0 aliphatic carbocycles. The molecule has 13 heteroatoms. The standard InChI is InChI=1S/C19H22F2N6O4S/c1-3-12-14(16(28)30-4-2)13(24-18(29)23-12)9-32-19-26-25-15(27(19)22)10-5-7-11(8-6-10)31-17(20)21/h5-8,12,17H,3-4,9,22H2,1-2H3,(H2,23,24,29). The van der Waals surface area contributed by atoms with Gasteiger partial charge in [0.1, 0.15) is 5.75 Å². The molecule has 0 saturated heterocycles. The van der Waals surface area contributed by atoms with Crippen molar-refractivity contribution in [1.29, 1.82) is 0 Å². The van der Waals surface area contributed by atoms with E-state index < -0.39 is 24.7 Å². The van der Waals surface area contributed by atoms with Crippen LogP contribution in [0.3, 0.4) is 0 Å². The summed E-state index contributed by atoms with van der Waals surface area (Å²) in [6.45, 7) is 0.835. The summed E-state index contributed by atoms with van der Waals surface area (Å²) in [5.74, 6) is 6.09. The average molecular weight is 468 g/mol. The summed E-state index contributed by atoms with van der Waals surface area (Å²) in [5, 5.41) is 13.8. The zero-order valence-electron chi connectivity index (χ0n) is 17.3. The van der Waals surface area contributed by atoms with Gasteiger partial charge in [0.2, 0.25) is 5.16 Å². The lowest BCUT2D eigenvalue weighted by molar-refractivity contribution is -0.139. The van der Waals surface area contributed by atoms with E-state index >= 15 is 0 Å². The van der Waals surface area contributed by atoms with E-state index in [9.17, 15) is 18.4 Å². The molecule has 2 heterocycles. The van der Waals surface area contributed by atoms with Crippen LogP contribution in [0.2, 0.25) is 0 Å². The number of alkyl halides is 2. The molecule has 1 atom stereocenters. The Balaban J connectivity index is 1.79.